The summed E-state index contributed by atoms with van der Waals surface area (Å²) in [5.74, 6) is 0.584. The van der Waals surface area contributed by atoms with Crippen molar-refractivity contribution in [2.45, 2.75) is 18.8 Å². The van der Waals surface area contributed by atoms with Gasteiger partial charge in [0, 0.05) is 25.5 Å². The highest BCUT2D eigenvalue weighted by atomic mass is 16.2. The first-order chi connectivity index (χ1) is 13.8. The van der Waals surface area contributed by atoms with Gasteiger partial charge in [-0.1, -0.05) is 66.7 Å². The van der Waals surface area contributed by atoms with Crippen LogP contribution in [0.15, 0.2) is 73.1 Å². The lowest BCUT2D eigenvalue weighted by molar-refractivity contribution is 0.0712. The van der Waals surface area contributed by atoms with Crippen LogP contribution >= 0.6 is 0 Å². The van der Waals surface area contributed by atoms with E-state index < -0.39 is 0 Å². The van der Waals surface area contributed by atoms with E-state index in [4.69, 9.17) is 0 Å². The predicted octanol–water partition coefficient (Wildman–Crippen LogP) is 5.07. The molecular formula is C25H23N2O. The van der Waals surface area contributed by atoms with E-state index in [1.807, 2.05) is 65.6 Å². The topological polar surface area (TPSA) is 33.2 Å². The third kappa shape index (κ3) is 4.37. The lowest BCUT2D eigenvalue weighted by atomic mass is 9.89. The molecule has 1 saturated heterocycles. The van der Waals surface area contributed by atoms with Crippen LogP contribution < -0.4 is 0 Å². The molecule has 0 atom stereocenters. The van der Waals surface area contributed by atoms with Crippen LogP contribution in [0, 0.1) is 6.07 Å². The van der Waals surface area contributed by atoms with Gasteiger partial charge in [-0.2, -0.15) is 0 Å². The molecule has 3 nitrogen and oxygen atoms in total. The Morgan fingerprint density at radius 1 is 1.00 bits per heavy atom. The van der Waals surface area contributed by atoms with Crippen molar-refractivity contribution in [1.82, 2.24) is 9.88 Å². The molecule has 0 aliphatic carbocycles. The highest BCUT2D eigenvalue weighted by Crippen LogP contribution is 2.28. The summed E-state index contributed by atoms with van der Waals surface area (Å²) in [6, 6.07) is 23.4. The Morgan fingerprint density at radius 3 is 2.54 bits per heavy atom. The smallest absolute Gasteiger partial charge is 0.255 e. The van der Waals surface area contributed by atoms with E-state index in [9.17, 15) is 4.79 Å². The Labute approximate surface area is 166 Å². The quantitative estimate of drug-likeness (QED) is 0.645. The molecule has 0 saturated carbocycles. The number of carbonyl (C=O) groups excluding carboxylic acids is 1. The first kappa shape index (κ1) is 18.2. The van der Waals surface area contributed by atoms with Gasteiger partial charge in [-0.3, -0.25) is 9.78 Å². The maximum absolute atomic E-state index is 12.9. The number of carbonyl (C=O) groups is 1. The van der Waals surface area contributed by atoms with Crippen LogP contribution in [0.4, 0.5) is 0 Å². The lowest BCUT2D eigenvalue weighted by Crippen LogP contribution is -2.38. The third-order valence-corrected chi connectivity index (χ3v) is 5.26. The summed E-state index contributed by atoms with van der Waals surface area (Å²) in [7, 11) is 0. The normalized spacial score (nSPS) is 15.1. The van der Waals surface area contributed by atoms with Crippen molar-refractivity contribution in [3.63, 3.8) is 0 Å². The molecule has 139 valence electrons. The maximum atomic E-state index is 12.9. The summed E-state index contributed by atoms with van der Waals surface area (Å²) in [4.78, 5) is 19.1. The monoisotopic (exact) mass is 367 g/mol. The Morgan fingerprint density at radius 2 is 1.79 bits per heavy atom. The molecule has 1 radical (unpaired) electrons. The van der Waals surface area contributed by atoms with Crippen LogP contribution in [0.5, 0.6) is 0 Å². The number of hydrogen-bond acceptors (Lipinski definition) is 2. The number of piperidine rings is 1. The first-order valence-electron chi connectivity index (χ1n) is 9.73. The molecule has 0 spiro atoms. The van der Waals surface area contributed by atoms with Crippen LogP contribution in [-0.4, -0.2) is 28.9 Å². The molecule has 1 fully saturated rings. The van der Waals surface area contributed by atoms with Gasteiger partial charge in [-0.15, -0.1) is 0 Å². The van der Waals surface area contributed by atoms with Gasteiger partial charge in [0.05, 0.1) is 5.56 Å². The highest BCUT2D eigenvalue weighted by molar-refractivity contribution is 5.94. The third-order valence-electron chi connectivity index (χ3n) is 5.26. The maximum Gasteiger partial charge on any atom is 0.255 e. The van der Waals surface area contributed by atoms with Crippen LogP contribution in [0.1, 0.15) is 45.8 Å². The second-order valence-electron chi connectivity index (χ2n) is 7.15. The summed E-state index contributed by atoms with van der Waals surface area (Å²) < 4.78 is 0. The van der Waals surface area contributed by atoms with Crippen LogP contribution in [0.25, 0.3) is 12.2 Å². The zero-order valence-corrected chi connectivity index (χ0v) is 15.8. The van der Waals surface area contributed by atoms with E-state index in [0.29, 0.717) is 11.5 Å². The second-order valence-corrected chi connectivity index (χ2v) is 7.15. The SMILES string of the molecule is O=C(c1cncc(C=Cc2ccccc2)c1)N1CCC(c2c[c]ccc2)CC1. The number of hydrogen-bond donors (Lipinski definition) is 0. The Hall–Kier alpha value is -3.20. The number of pyridine rings is 1. The van der Waals surface area contributed by atoms with Gasteiger partial charge in [-0.05, 0) is 47.6 Å². The largest absolute Gasteiger partial charge is 0.339 e. The van der Waals surface area contributed by atoms with E-state index in [1.165, 1.54) is 5.56 Å². The van der Waals surface area contributed by atoms with Gasteiger partial charge >= 0.3 is 0 Å². The van der Waals surface area contributed by atoms with Gasteiger partial charge < -0.3 is 4.90 Å². The molecule has 2 heterocycles. The molecular weight excluding hydrogens is 344 g/mol. The summed E-state index contributed by atoms with van der Waals surface area (Å²) in [6.45, 7) is 1.56. The average molecular weight is 367 g/mol. The van der Waals surface area contributed by atoms with Crippen LogP contribution in [0.2, 0.25) is 0 Å². The minimum atomic E-state index is 0.0699. The number of nitrogens with zero attached hydrogens (tertiary/aromatic N) is 2. The van der Waals surface area contributed by atoms with Gasteiger partial charge in [0.25, 0.3) is 5.91 Å². The Bertz CT molecular complexity index is 943. The number of benzene rings is 2. The zero-order chi connectivity index (χ0) is 19.2. The number of rotatable bonds is 4. The van der Waals surface area contributed by atoms with Crippen molar-refractivity contribution in [1.29, 1.82) is 0 Å². The van der Waals surface area contributed by atoms with E-state index >= 15 is 0 Å². The fourth-order valence-electron chi connectivity index (χ4n) is 3.68. The molecule has 3 heteroatoms. The Kier molecular flexibility index (Phi) is 5.62. The van der Waals surface area contributed by atoms with E-state index in [1.54, 1.807) is 12.4 Å². The lowest BCUT2D eigenvalue weighted by Gasteiger charge is -2.32. The van der Waals surface area contributed by atoms with Gasteiger partial charge in [0.2, 0.25) is 0 Å². The standard InChI is InChI=1S/C25H23N2O/c28-25(27-15-13-23(14-16-27)22-9-5-2-6-10-22)24-17-21(18-26-19-24)12-11-20-7-3-1-4-8-20/h1-5,7-12,17-19,23H,13-16H2. The van der Waals surface area contributed by atoms with Crippen molar-refractivity contribution < 1.29 is 4.79 Å². The molecule has 2 aromatic carbocycles. The number of aromatic nitrogens is 1. The molecule has 1 aromatic heterocycles. The fraction of sp³-hybridized carbons (Fsp3) is 0.200. The van der Waals surface area contributed by atoms with E-state index in [-0.39, 0.29) is 5.91 Å². The van der Waals surface area contributed by atoms with Crippen molar-refractivity contribution >= 4 is 18.1 Å². The summed E-state index contributed by atoms with van der Waals surface area (Å²) >= 11 is 0. The summed E-state index contributed by atoms with van der Waals surface area (Å²) in [5, 5.41) is 0. The van der Waals surface area contributed by atoms with Crippen molar-refractivity contribution in [3.05, 3.63) is 101 Å². The molecule has 4 rings (SSSR count). The average Bonchev–Trinajstić information content (AvgIpc) is 2.79. The van der Waals surface area contributed by atoms with Gasteiger partial charge in [-0.25, -0.2) is 0 Å². The first-order valence-corrected chi connectivity index (χ1v) is 9.73. The number of amides is 1. The van der Waals surface area contributed by atoms with Gasteiger partial charge in [0.1, 0.15) is 0 Å². The summed E-state index contributed by atoms with van der Waals surface area (Å²) in [5.41, 5.74) is 4.04. The minimum Gasteiger partial charge on any atom is -0.339 e. The fourth-order valence-corrected chi connectivity index (χ4v) is 3.68. The van der Waals surface area contributed by atoms with Crippen molar-refractivity contribution in [2.24, 2.45) is 0 Å². The molecule has 1 aliphatic heterocycles. The van der Waals surface area contributed by atoms with E-state index in [0.717, 1.165) is 37.1 Å². The molecule has 1 aliphatic rings. The molecule has 28 heavy (non-hydrogen) atoms. The van der Waals surface area contributed by atoms with Crippen LogP contribution in [0.3, 0.4) is 0 Å². The molecule has 1 amide bonds. The van der Waals surface area contributed by atoms with Crippen molar-refractivity contribution in [3.8, 4) is 0 Å². The number of likely N-dealkylation sites (tertiary alicyclic amines) is 1. The molecule has 3 aromatic rings. The van der Waals surface area contributed by atoms with Gasteiger partial charge in [0.15, 0.2) is 0 Å². The molecule has 0 unspecified atom stereocenters. The second kappa shape index (κ2) is 8.66. The zero-order valence-electron chi connectivity index (χ0n) is 15.8. The molecule has 0 N–H and O–H groups in total. The van der Waals surface area contributed by atoms with Crippen molar-refractivity contribution in [2.75, 3.05) is 13.1 Å². The highest BCUT2D eigenvalue weighted by Gasteiger charge is 2.24. The van der Waals surface area contributed by atoms with E-state index in [2.05, 4.69) is 23.2 Å². The molecule has 0 bridgehead atoms. The summed E-state index contributed by atoms with van der Waals surface area (Å²) in [6.07, 6.45) is 9.47. The minimum absolute atomic E-state index is 0.0699. The Balaban J connectivity index is 1.41. The predicted molar refractivity (Wildman–Crippen MR) is 113 cm³/mol. The van der Waals surface area contributed by atoms with Crippen LogP contribution in [-0.2, 0) is 0 Å².